The molecule has 2 N–H and O–H groups in total. The number of carbonyl (C=O) groups excluding carboxylic acids is 1. The molecule has 2 aromatic carbocycles. The lowest BCUT2D eigenvalue weighted by Crippen LogP contribution is -2.42. The van der Waals surface area contributed by atoms with Crippen molar-refractivity contribution >= 4 is 11.7 Å². The van der Waals surface area contributed by atoms with Gasteiger partial charge < -0.3 is 20.2 Å². The van der Waals surface area contributed by atoms with Gasteiger partial charge in [-0.05, 0) is 63.0 Å². The van der Waals surface area contributed by atoms with E-state index in [0.29, 0.717) is 26.1 Å². The molecule has 150 valence electrons. The average Bonchev–Trinajstić information content (AvgIpc) is 2.84. The van der Waals surface area contributed by atoms with Crippen molar-refractivity contribution in [3.63, 3.8) is 0 Å². The standard InChI is InChI=1S/C23H31N3O2/c1-25(2)18-23(28)12-7-14-26(15-13-23)22(27)24-21-11-6-10-20(17-21)16-19-8-4-3-5-9-19/h3-6,8-11,17,28H,7,12-16,18H2,1-2H3,(H,24,27). The van der Waals surface area contributed by atoms with Crippen LogP contribution in [0.5, 0.6) is 0 Å². The Kier molecular flexibility index (Phi) is 6.70. The van der Waals surface area contributed by atoms with Crippen LogP contribution in [-0.4, -0.2) is 60.3 Å². The number of anilines is 1. The molecule has 1 fully saturated rings. The number of nitrogens with zero attached hydrogens (tertiary/aromatic N) is 2. The van der Waals surface area contributed by atoms with Gasteiger partial charge in [-0.15, -0.1) is 0 Å². The van der Waals surface area contributed by atoms with Crippen LogP contribution in [-0.2, 0) is 6.42 Å². The normalized spacial score (nSPS) is 20.1. The van der Waals surface area contributed by atoms with E-state index >= 15 is 0 Å². The van der Waals surface area contributed by atoms with E-state index in [1.807, 2.05) is 60.3 Å². The zero-order valence-electron chi connectivity index (χ0n) is 16.9. The molecule has 0 saturated carbocycles. The molecule has 1 saturated heterocycles. The summed E-state index contributed by atoms with van der Waals surface area (Å²) in [7, 11) is 3.94. The van der Waals surface area contributed by atoms with Crippen molar-refractivity contribution in [2.75, 3.05) is 39.0 Å². The summed E-state index contributed by atoms with van der Waals surface area (Å²) in [5, 5.41) is 13.8. The van der Waals surface area contributed by atoms with Crippen LogP contribution >= 0.6 is 0 Å². The molecule has 2 amide bonds. The van der Waals surface area contributed by atoms with Crippen molar-refractivity contribution < 1.29 is 9.90 Å². The lowest BCUT2D eigenvalue weighted by molar-refractivity contribution is 0.00361. The van der Waals surface area contributed by atoms with E-state index in [-0.39, 0.29) is 6.03 Å². The average molecular weight is 382 g/mol. The van der Waals surface area contributed by atoms with Crippen molar-refractivity contribution in [2.24, 2.45) is 0 Å². The molecule has 3 rings (SSSR count). The number of rotatable bonds is 5. The second kappa shape index (κ2) is 9.22. The van der Waals surface area contributed by atoms with Gasteiger partial charge in [0.1, 0.15) is 0 Å². The Morgan fingerprint density at radius 2 is 1.82 bits per heavy atom. The Bertz CT molecular complexity index is 778. The van der Waals surface area contributed by atoms with Crippen LogP contribution in [0.4, 0.5) is 10.5 Å². The lowest BCUT2D eigenvalue weighted by atomic mass is 9.94. The van der Waals surface area contributed by atoms with Gasteiger partial charge in [-0.3, -0.25) is 0 Å². The second-order valence-electron chi connectivity index (χ2n) is 8.10. The smallest absolute Gasteiger partial charge is 0.321 e. The fraction of sp³-hybridized carbons (Fsp3) is 0.435. The minimum atomic E-state index is -0.714. The van der Waals surface area contributed by atoms with Crippen LogP contribution in [0.2, 0.25) is 0 Å². The van der Waals surface area contributed by atoms with Crippen LogP contribution in [0.25, 0.3) is 0 Å². The number of carbonyl (C=O) groups is 1. The van der Waals surface area contributed by atoms with Crippen LogP contribution < -0.4 is 5.32 Å². The molecule has 0 aliphatic carbocycles. The third-order valence-electron chi connectivity index (χ3n) is 5.24. The molecule has 28 heavy (non-hydrogen) atoms. The summed E-state index contributed by atoms with van der Waals surface area (Å²) in [6, 6.07) is 18.2. The largest absolute Gasteiger partial charge is 0.388 e. The molecule has 0 radical (unpaired) electrons. The number of urea groups is 1. The van der Waals surface area contributed by atoms with Crippen LogP contribution in [0.15, 0.2) is 54.6 Å². The summed E-state index contributed by atoms with van der Waals surface area (Å²) in [6.07, 6.45) is 2.98. The zero-order chi connectivity index (χ0) is 20.0. The Morgan fingerprint density at radius 3 is 2.57 bits per heavy atom. The number of likely N-dealkylation sites (N-methyl/N-ethyl adjacent to an activating group) is 1. The molecular weight excluding hydrogens is 350 g/mol. The molecule has 5 heteroatoms. The lowest BCUT2D eigenvalue weighted by Gasteiger charge is -2.29. The first-order valence-electron chi connectivity index (χ1n) is 9.99. The van der Waals surface area contributed by atoms with Crippen LogP contribution in [0.1, 0.15) is 30.4 Å². The molecule has 0 aromatic heterocycles. The topological polar surface area (TPSA) is 55.8 Å². The van der Waals surface area contributed by atoms with Gasteiger partial charge in [-0.25, -0.2) is 4.79 Å². The Balaban J connectivity index is 1.59. The minimum absolute atomic E-state index is 0.0917. The quantitative estimate of drug-likeness (QED) is 0.832. The number of hydrogen-bond acceptors (Lipinski definition) is 3. The van der Waals surface area contributed by atoms with Gasteiger partial charge in [-0.2, -0.15) is 0 Å². The summed E-state index contributed by atoms with van der Waals surface area (Å²) >= 11 is 0. The fourth-order valence-corrected chi connectivity index (χ4v) is 3.92. The van der Waals surface area contributed by atoms with Crippen molar-refractivity contribution in [2.45, 2.75) is 31.3 Å². The van der Waals surface area contributed by atoms with Crippen molar-refractivity contribution in [3.8, 4) is 0 Å². The molecule has 0 spiro atoms. The Hall–Kier alpha value is -2.37. The Morgan fingerprint density at radius 1 is 1.07 bits per heavy atom. The number of amides is 2. The van der Waals surface area contributed by atoms with Gasteiger partial charge in [0, 0.05) is 25.3 Å². The first kappa shape index (κ1) is 20.4. The Labute approximate surface area is 168 Å². The highest BCUT2D eigenvalue weighted by Crippen LogP contribution is 2.24. The van der Waals surface area contributed by atoms with Gasteiger partial charge in [-0.1, -0.05) is 42.5 Å². The summed E-state index contributed by atoms with van der Waals surface area (Å²) in [5.74, 6) is 0. The molecule has 1 unspecified atom stereocenters. The zero-order valence-corrected chi connectivity index (χ0v) is 16.9. The van der Waals surface area contributed by atoms with Gasteiger partial charge >= 0.3 is 6.03 Å². The molecule has 1 aliphatic heterocycles. The molecule has 0 bridgehead atoms. The van der Waals surface area contributed by atoms with E-state index in [0.717, 1.165) is 24.9 Å². The van der Waals surface area contributed by atoms with E-state index in [2.05, 4.69) is 23.5 Å². The maximum atomic E-state index is 12.7. The van der Waals surface area contributed by atoms with Crippen molar-refractivity contribution in [1.29, 1.82) is 0 Å². The van der Waals surface area contributed by atoms with Crippen LogP contribution in [0.3, 0.4) is 0 Å². The molecule has 1 atom stereocenters. The van der Waals surface area contributed by atoms with Gasteiger partial charge in [0.05, 0.1) is 5.60 Å². The monoisotopic (exact) mass is 381 g/mol. The van der Waals surface area contributed by atoms with E-state index in [1.165, 1.54) is 11.1 Å². The third kappa shape index (κ3) is 5.81. The molecule has 2 aromatic rings. The number of hydrogen-bond donors (Lipinski definition) is 2. The van der Waals surface area contributed by atoms with E-state index in [1.54, 1.807) is 0 Å². The maximum Gasteiger partial charge on any atom is 0.321 e. The third-order valence-corrected chi connectivity index (χ3v) is 5.24. The van der Waals surface area contributed by atoms with E-state index in [9.17, 15) is 9.90 Å². The number of aliphatic hydroxyl groups is 1. The minimum Gasteiger partial charge on any atom is -0.388 e. The number of benzene rings is 2. The summed E-state index contributed by atoms with van der Waals surface area (Å²) in [6.45, 7) is 1.87. The number of likely N-dealkylation sites (tertiary alicyclic amines) is 1. The van der Waals surface area contributed by atoms with E-state index in [4.69, 9.17) is 0 Å². The van der Waals surface area contributed by atoms with Gasteiger partial charge in [0.15, 0.2) is 0 Å². The SMILES string of the molecule is CN(C)CC1(O)CCCN(C(=O)Nc2cccc(Cc3ccccc3)c2)CC1. The van der Waals surface area contributed by atoms with Gasteiger partial charge in [0.2, 0.25) is 0 Å². The first-order valence-corrected chi connectivity index (χ1v) is 9.99. The highest BCUT2D eigenvalue weighted by atomic mass is 16.3. The summed E-state index contributed by atoms with van der Waals surface area (Å²) in [4.78, 5) is 16.6. The predicted molar refractivity (Wildman–Crippen MR) is 114 cm³/mol. The van der Waals surface area contributed by atoms with Crippen molar-refractivity contribution in [3.05, 3.63) is 65.7 Å². The van der Waals surface area contributed by atoms with Crippen LogP contribution in [0, 0.1) is 0 Å². The predicted octanol–water partition coefficient (Wildman–Crippen LogP) is 3.59. The summed E-state index contributed by atoms with van der Waals surface area (Å²) < 4.78 is 0. The second-order valence-corrected chi connectivity index (χ2v) is 8.10. The number of nitrogens with one attached hydrogen (secondary N) is 1. The molecule has 1 aliphatic rings. The highest BCUT2D eigenvalue weighted by molar-refractivity contribution is 5.89. The maximum absolute atomic E-state index is 12.7. The molecule has 5 nitrogen and oxygen atoms in total. The molecule has 1 heterocycles. The first-order chi connectivity index (χ1) is 13.4. The fourth-order valence-electron chi connectivity index (χ4n) is 3.92. The van der Waals surface area contributed by atoms with Gasteiger partial charge in [0.25, 0.3) is 0 Å². The highest BCUT2D eigenvalue weighted by Gasteiger charge is 2.31. The molecular formula is C23H31N3O2. The summed E-state index contributed by atoms with van der Waals surface area (Å²) in [5.41, 5.74) is 2.51. The van der Waals surface area contributed by atoms with Crippen molar-refractivity contribution in [1.82, 2.24) is 9.80 Å². The van der Waals surface area contributed by atoms with E-state index < -0.39 is 5.60 Å².